The van der Waals surface area contributed by atoms with Gasteiger partial charge in [-0.15, -0.1) is 0 Å². The molecule has 0 radical (unpaired) electrons. The molecule has 0 unspecified atom stereocenters. The number of anilines is 3. The summed E-state index contributed by atoms with van der Waals surface area (Å²) in [6, 6.07) is 17.1. The van der Waals surface area contributed by atoms with E-state index in [4.69, 9.17) is 0 Å². The molecular formula is C18H16N4O3. The lowest BCUT2D eigenvalue weighted by Gasteiger charge is -2.17. The molecule has 1 heterocycles. The van der Waals surface area contributed by atoms with Crippen molar-refractivity contribution >= 4 is 23.2 Å². The lowest BCUT2D eigenvalue weighted by Crippen LogP contribution is -2.26. The molecule has 0 aliphatic heterocycles. The van der Waals surface area contributed by atoms with Crippen molar-refractivity contribution in [2.75, 3.05) is 17.3 Å². The number of H-pyrrole nitrogens is 1. The second-order valence-corrected chi connectivity index (χ2v) is 5.35. The predicted octanol–water partition coefficient (Wildman–Crippen LogP) is 2.50. The van der Waals surface area contributed by atoms with Crippen LogP contribution >= 0.6 is 0 Å². The van der Waals surface area contributed by atoms with E-state index in [1.54, 1.807) is 36.2 Å². The summed E-state index contributed by atoms with van der Waals surface area (Å²) < 4.78 is 0. The molecule has 1 aromatic heterocycles. The van der Waals surface area contributed by atoms with Gasteiger partial charge < -0.3 is 15.3 Å². The van der Waals surface area contributed by atoms with Crippen molar-refractivity contribution in [2.24, 2.45) is 0 Å². The van der Waals surface area contributed by atoms with Gasteiger partial charge in [0.2, 0.25) is 11.8 Å². The van der Waals surface area contributed by atoms with Crippen LogP contribution in [0.25, 0.3) is 0 Å². The van der Waals surface area contributed by atoms with Crippen molar-refractivity contribution in [1.29, 1.82) is 0 Å². The minimum atomic E-state index is -0.466. The third-order valence-corrected chi connectivity index (χ3v) is 3.57. The summed E-state index contributed by atoms with van der Waals surface area (Å²) in [5.41, 5.74) is 1.48. The van der Waals surface area contributed by atoms with Gasteiger partial charge in [-0.05, 0) is 36.4 Å². The van der Waals surface area contributed by atoms with Crippen LogP contribution < -0.4 is 15.8 Å². The van der Waals surface area contributed by atoms with Crippen LogP contribution in [0.1, 0.15) is 10.4 Å². The second kappa shape index (κ2) is 6.88. The van der Waals surface area contributed by atoms with E-state index in [0.717, 1.165) is 11.8 Å². The Morgan fingerprint density at radius 1 is 1.12 bits per heavy atom. The van der Waals surface area contributed by atoms with Gasteiger partial charge in [0, 0.05) is 24.0 Å². The monoisotopic (exact) mass is 336 g/mol. The van der Waals surface area contributed by atoms with Crippen LogP contribution in [-0.2, 0) is 0 Å². The van der Waals surface area contributed by atoms with Gasteiger partial charge in [0.15, 0.2) is 0 Å². The summed E-state index contributed by atoms with van der Waals surface area (Å²) in [4.78, 5) is 31.6. The number of amides is 1. The molecule has 2 aromatic carbocycles. The highest BCUT2D eigenvalue weighted by Gasteiger charge is 2.13. The van der Waals surface area contributed by atoms with Crippen molar-refractivity contribution < 1.29 is 9.90 Å². The molecule has 0 saturated heterocycles. The number of nitrogens with zero attached hydrogens (tertiary/aromatic N) is 2. The van der Waals surface area contributed by atoms with E-state index in [1.807, 2.05) is 30.3 Å². The number of benzene rings is 2. The van der Waals surface area contributed by atoms with Crippen LogP contribution in [0.3, 0.4) is 0 Å². The Morgan fingerprint density at radius 3 is 2.44 bits per heavy atom. The molecule has 3 N–H and O–H groups in total. The fourth-order valence-electron chi connectivity index (χ4n) is 2.30. The predicted molar refractivity (Wildman–Crippen MR) is 95.4 cm³/mol. The zero-order valence-electron chi connectivity index (χ0n) is 13.4. The Kier molecular flexibility index (Phi) is 4.47. The number of aromatic amines is 1. The number of carbonyl (C=O) groups is 1. The summed E-state index contributed by atoms with van der Waals surface area (Å²) in [6.07, 6.45) is 0. The summed E-state index contributed by atoms with van der Waals surface area (Å²) in [7, 11) is 1.71. The van der Waals surface area contributed by atoms with Gasteiger partial charge in [-0.2, -0.15) is 4.98 Å². The van der Waals surface area contributed by atoms with Gasteiger partial charge in [-0.1, -0.05) is 18.2 Å². The van der Waals surface area contributed by atoms with E-state index in [2.05, 4.69) is 15.3 Å². The Bertz CT molecular complexity index is 937. The average Bonchev–Trinajstić information content (AvgIpc) is 2.61. The van der Waals surface area contributed by atoms with Crippen molar-refractivity contribution in [1.82, 2.24) is 9.97 Å². The highest BCUT2D eigenvalue weighted by Crippen LogP contribution is 2.18. The molecule has 0 spiro atoms. The van der Waals surface area contributed by atoms with Gasteiger partial charge in [0.25, 0.3) is 11.5 Å². The van der Waals surface area contributed by atoms with Crippen LogP contribution in [0.15, 0.2) is 65.5 Å². The van der Waals surface area contributed by atoms with Crippen molar-refractivity contribution in [2.45, 2.75) is 0 Å². The van der Waals surface area contributed by atoms with Gasteiger partial charge >= 0.3 is 0 Å². The van der Waals surface area contributed by atoms with E-state index >= 15 is 0 Å². The van der Waals surface area contributed by atoms with E-state index < -0.39 is 5.56 Å². The van der Waals surface area contributed by atoms with E-state index in [-0.39, 0.29) is 17.7 Å². The Balaban J connectivity index is 1.75. The molecule has 126 valence electrons. The van der Waals surface area contributed by atoms with Crippen molar-refractivity contribution in [3.8, 4) is 5.88 Å². The Hall–Kier alpha value is -3.61. The Labute approximate surface area is 143 Å². The lowest BCUT2D eigenvalue weighted by atomic mass is 10.1. The molecule has 7 heteroatoms. The maximum atomic E-state index is 12.5. The molecule has 0 fully saturated rings. The second-order valence-electron chi connectivity index (χ2n) is 5.35. The van der Waals surface area contributed by atoms with Gasteiger partial charge in [0.1, 0.15) is 0 Å². The highest BCUT2D eigenvalue weighted by atomic mass is 16.3. The molecule has 0 atom stereocenters. The fourth-order valence-corrected chi connectivity index (χ4v) is 2.30. The number of rotatable bonds is 4. The zero-order chi connectivity index (χ0) is 17.8. The van der Waals surface area contributed by atoms with Gasteiger partial charge in [-0.3, -0.25) is 14.6 Å². The van der Waals surface area contributed by atoms with Crippen molar-refractivity contribution in [3.63, 3.8) is 0 Å². The number of hydrogen-bond donors (Lipinski definition) is 3. The summed E-state index contributed by atoms with van der Waals surface area (Å²) in [5.74, 6) is -0.394. The zero-order valence-corrected chi connectivity index (χ0v) is 13.4. The number of carbonyl (C=O) groups excluding carboxylic acids is 1. The fraction of sp³-hybridized carbons (Fsp3) is 0.0556. The lowest BCUT2D eigenvalue weighted by molar-refractivity contribution is 0.0993. The first-order valence-electron chi connectivity index (χ1n) is 7.53. The van der Waals surface area contributed by atoms with Crippen LogP contribution in [0.4, 0.5) is 17.3 Å². The highest BCUT2D eigenvalue weighted by molar-refractivity contribution is 6.05. The maximum Gasteiger partial charge on any atom is 0.258 e. The SMILES string of the molecule is CN(C(=O)c1ccc(Nc2nc(O)cc(=O)[nH]2)cc1)c1ccccc1. The average molecular weight is 336 g/mol. The van der Waals surface area contributed by atoms with Gasteiger partial charge in [0.05, 0.1) is 6.07 Å². The van der Waals surface area contributed by atoms with Crippen LogP contribution in [0, 0.1) is 0 Å². The smallest absolute Gasteiger partial charge is 0.258 e. The molecule has 1 amide bonds. The summed E-state index contributed by atoms with van der Waals surface area (Å²) in [6.45, 7) is 0. The largest absolute Gasteiger partial charge is 0.493 e. The summed E-state index contributed by atoms with van der Waals surface area (Å²) >= 11 is 0. The minimum absolute atomic E-state index is 0.116. The quantitative estimate of drug-likeness (QED) is 0.680. The molecule has 0 aliphatic rings. The number of hydrogen-bond acceptors (Lipinski definition) is 5. The standard InChI is InChI=1S/C18H16N4O3/c1-22(14-5-3-2-4-6-14)17(25)12-7-9-13(10-8-12)19-18-20-15(23)11-16(24)21-18/h2-11H,1H3,(H3,19,20,21,23,24). The molecule has 0 saturated carbocycles. The van der Waals surface area contributed by atoms with Gasteiger partial charge in [-0.25, -0.2) is 0 Å². The normalized spacial score (nSPS) is 10.3. The van der Waals surface area contributed by atoms with E-state index in [9.17, 15) is 14.7 Å². The molecule has 0 bridgehead atoms. The maximum absolute atomic E-state index is 12.5. The molecule has 3 rings (SSSR count). The number of para-hydroxylation sites is 1. The first kappa shape index (κ1) is 16.3. The number of aromatic hydroxyl groups is 1. The first-order valence-corrected chi connectivity index (χ1v) is 7.53. The number of nitrogens with one attached hydrogen (secondary N) is 2. The van der Waals surface area contributed by atoms with E-state index in [1.165, 1.54) is 0 Å². The summed E-state index contributed by atoms with van der Waals surface area (Å²) in [5, 5.41) is 12.2. The van der Waals surface area contributed by atoms with Crippen molar-refractivity contribution in [3.05, 3.63) is 76.6 Å². The first-order chi connectivity index (χ1) is 12.0. The topological polar surface area (TPSA) is 98.3 Å². The molecule has 25 heavy (non-hydrogen) atoms. The van der Waals surface area contributed by atoms with Crippen LogP contribution in [-0.4, -0.2) is 28.0 Å². The Morgan fingerprint density at radius 2 is 1.80 bits per heavy atom. The third kappa shape index (κ3) is 3.84. The van der Waals surface area contributed by atoms with E-state index in [0.29, 0.717) is 11.3 Å². The minimum Gasteiger partial charge on any atom is -0.493 e. The molecule has 0 aliphatic carbocycles. The molecule has 7 nitrogen and oxygen atoms in total. The van der Waals surface area contributed by atoms with Crippen LogP contribution in [0.2, 0.25) is 0 Å². The third-order valence-electron chi connectivity index (χ3n) is 3.57. The number of aromatic nitrogens is 2. The van der Waals surface area contributed by atoms with Crippen LogP contribution in [0.5, 0.6) is 5.88 Å². The molecule has 3 aromatic rings. The molecular weight excluding hydrogens is 320 g/mol.